The highest BCUT2D eigenvalue weighted by Crippen LogP contribution is 2.14. The fourth-order valence-electron chi connectivity index (χ4n) is 2.17. The molecule has 0 aliphatic carbocycles. The maximum Gasteiger partial charge on any atom is 0.408 e. The minimum Gasteiger partial charge on any atom is -0.467 e. The van der Waals surface area contributed by atoms with Crippen molar-refractivity contribution in [3.8, 4) is 0 Å². The number of methoxy groups -OCH3 is 1. The number of benzene rings is 1. The molecule has 0 saturated carbocycles. The molecule has 1 unspecified atom stereocenters. The van der Waals surface area contributed by atoms with Crippen molar-refractivity contribution in [1.29, 1.82) is 0 Å². The average molecular weight is 380 g/mol. The van der Waals surface area contributed by atoms with Gasteiger partial charge in [0.2, 0.25) is 0 Å². The second kappa shape index (κ2) is 9.25. The summed E-state index contributed by atoms with van der Waals surface area (Å²) in [5.41, 5.74) is -1.10. The van der Waals surface area contributed by atoms with Gasteiger partial charge in [-0.05, 0) is 40.2 Å². The predicted octanol–water partition coefficient (Wildman–Crippen LogP) is 2.76. The number of ether oxygens (including phenoxy) is 3. The van der Waals surface area contributed by atoms with E-state index in [1.54, 1.807) is 46.8 Å². The highest BCUT2D eigenvalue weighted by Gasteiger charge is 2.40. The van der Waals surface area contributed by atoms with Crippen molar-refractivity contribution in [2.75, 3.05) is 7.11 Å². The fourth-order valence-corrected chi connectivity index (χ4v) is 2.17. The summed E-state index contributed by atoms with van der Waals surface area (Å²) in [7, 11) is 1.19. The van der Waals surface area contributed by atoms with E-state index in [0.29, 0.717) is 0 Å². The minimum atomic E-state index is -1.19. The van der Waals surface area contributed by atoms with Crippen LogP contribution in [0.4, 0.5) is 9.59 Å². The van der Waals surface area contributed by atoms with E-state index < -0.39 is 35.3 Å². The molecule has 0 aliphatic heterocycles. The maximum absolute atomic E-state index is 12.2. The maximum atomic E-state index is 12.2. The fraction of sp³-hybridized carbons (Fsp3) is 0.526. The molecular formula is C19H28N2O6. The predicted molar refractivity (Wildman–Crippen MR) is 99.0 cm³/mol. The van der Waals surface area contributed by atoms with E-state index in [1.165, 1.54) is 7.11 Å². The second-order valence-corrected chi connectivity index (χ2v) is 7.51. The molecule has 0 heterocycles. The van der Waals surface area contributed by atoms with E-state index in [-0.39, 0.29) is 6.61 Å². The summed E-state index contributed by atoms with van der Waals surface area (Å²) in [6, 6.07) is 7.92. The average Bonchev–Trinajstić information content (AvgIpc) is 2.55. The van der Waals surface area contributed by atoms with Gasteiger partial charge in [0.15, 0.2) is 6.04 Å². The van der Waals surface area contributed by atoms with Gasteiger partial charge in [-0.2, -0.15) is 0 Å². The number of carbonyl (C=O) groups excluding carboxylic acids is 3. The molecule has 27 heavy (non-hydrogen) atoms. The Labute approximate surface area is 159 Å². The van der Waals surface area contributed by atoms with Gasteiger partial charge in [0.05, 0.1) is 12.6 Å². The summed E-state index contributed by atoms with van der Waals surface area (Å²) in [5, 5.41) is 5.02. The van der Waals surface area contributed by atoms with E-state index in [0.717, 1.165) is 5.56 Å². The van der Waals surface area contributed by atoms with Crippen molar-refractivity contribution < 1.29 is 28.6 Å². The summed E-state index contributed by atoms with van der Waals surface area (Å²) >= 11 is 0. The molecule has 1 atom stereocenters. The number of rotatable bonds is 6. The molecule has 0 saturated heterocycles. The first-order valence-electron chi connectivity index (χ1n) is 8.51. The smallest absolute Gasteiger partial charge is 0.408 e. The second-order valence-electron chi connectivity index (χ2n) is 7.51. The van der Waals surface area contributed by atoms with Crippen LogP contribution in [0.1, 0.15) is 40.2 Å². The molecule has 0 radical (unpaired) electrons. The third kappa shape index (κ3) is 7.98. The lowest BCUT2D eigenvalue weighted by molar-refractivity contribution is -0.144. The van der Waals surface area contributed by atoms with Crippen LogP contribution >= 0.6 is 0 Å². The van der Waals surface area contributed by atoms with Gasteiger partial charge in [-0.3, -0.25) is 0 Å². The molecule has 8 nitrogen and oxygen atoms in total. The van der Waals surface area contributed by atoms with E-state index in [1.807, 2.05) is 18.2 Å². The van der Waals surface area contributed by atoms with E-state index >= 15 is 0 Å². The lowest BCUT2D eigenvalue weighted by atomic mass is 9.94. The number of alkyl carbamates (subject to hydrolysis) is 2. The number of esters is 1. The zero-order valence-electron chi connectivity index (χ0n) is 16.6. The Morgan fingerprint density at radius 2 is 1.59 bits per heavy atom. The Kier molecular flexibility index (Phi) is 7.63. The van der Waals surface area contributed by atoms with Crippen molar-refractivity contribution in [1.82, 2.24) is 10.6 Å². The van der Waals surface area contributed by atoms with Crippen molar-refractivity contribution in [2.24, 2.45) is 0 Å². The number of hydrogen-bond donors (Lipinski definition) is 2. The molecule has 0 aliphatic rings. The molecule has 0 fully saturated rings. The number of nitrogens with one attached hydrogen (secondary N) is 2. The molecule has 8 heteroatoms. The third-order valence-corrected chi connectivity index (χ3v) is 3.46. The van der Waals surface area contributed by atoms with Crippen molar-refractivity contribution in [2.45, 2.75) is 58.4 Å². The Bertz CT molecular complexity index is 652. The van der Waals surface area contributed by atoms with Crippen LogP contribution in [-0.2, 0) is 25.6 Å². The summed E-state index contributed by atoms with van der Waals surface area (Å²) < 4.78 is 15.1. The SMILES string of the molecule is COC(=O)C(NC(=O)OCc1ccccc1)C(C)(C)NC(=O)OC(C)(C)C. The van der Waals surface area contributed by atoms with Gasteiger partial charge < -0.3 is 24.8 Å². The molecule has 150 valence electrons. The number of amides is 2. The molecule has 2 N–H and O–H groups in total. The highest BCUT2D eigenvalue weighted by atomic mass is 16.6. The van der Waals surface area contributed by atoms with Gasteiger partial charge in [-0.15, -0.1) is 0 Å². The molecule has 1 aromatic rings. The summed E-state index contributed by atoms with van der Waals surface area (Å²) in [6.45, 7) is 8.33. The summed E-state index contributed by atoms with van der Waals surface area (Å²) in [5.74, 6) is -0.729. The van der Waals surface area contributed by atoms with Gasteiger partial charge in [-0.1, -0.05) is 30.3 Å². The Morgan fingerprint density at radius 1 is 1.00 bits per heavy atom. The lowest BCUT2D eigenvalue weighted by Gasteiger charge is -2.34. The molecule has 1 aromatic carbocycles. The Balaban J connectivity index is 2.76. The van der Waals surface area contributed by atoms with E-state index in [2.05, 4.69) is 10.6 Å². The molecule has 0 spiro atoms. The van der Waals surface area contributed by atoms with E-state index in [9.17, 15) is 14.4 Å². The van der Waals surface area contributed by atoms with E-state index in [4.69, 9.17) is 14.2 Å². The zero-order valence-corrected chi connectivity index (χ0v) is 16.6. The Morgan fingerprint density at radius 3 is 2.11 bits per heavy atom. The van der Waals surface area contributed by atoms with Crippen LogP contribution in [-0.4, -0.2) is 42.4 Å². The summed E-state index contributed by atoms with van der Waals surface area (Å²) in [6.07, 6.45) is -1.53. The Hall–Kier alpha value is -2.77. The number of hydrogen-bond acceptors (Lipinski definition) is 6. The molecule has 0 aromatic heterocycles. The van der Waals surface area contributed by atoms with Crippen LogP contribution in [0.2, 0.25) is 0 Å². The summed E-state index contributed by atoms with van der Waals surface area (Å²) in [4.78, 5) is 36.3. The first-order chi connectivity index (χ1) is 12.4. The topological polar surface area (TPSA) is 103 Å². The normalized spacial score (nSPS) is 12.5. The van der Waals surface area contributed by atoms with Crippen molar-refractivity contribution in [3.63, 3.8) is 0 Å². The molecular weight excluding hydrogens is 352 g/mol. The monoisotopic (exact) mass is 380 g/mol. The quantitative estimate of drug-likeness (QED) is 0.581. The largest absolute Gasteiger partial charge is 0.467 e. The van der Waals surface area contributed by atoms with Crippen LogP contribution < -0.4 is 10.6 Å². The zero-order chi connectivity index (χ0) is 20.7. The van der Waals surface area contributed by atoms with Crippen molar-refractivity contribution in [3.05, 3.63) is 35.9 Å². The molecule has 2 amide bonds. The lowest BCUT2D eigenvalue weighted by Crippen LogP contribution is -2.62. The standard InChI is InChI=1S/C19H28N2O6/c1-18(2,3)27-17(24)21-19(4,5)14(15(22)25-6)20-16(23)26-12-13-10-8-7-9-11-13/h7-11,14H,12H2,1-6H3,(H,20,23)(H,21,24). The van der Waals surface area contributed by atoms with Gasteiger partial charge in [0, 0.05) is 0 Å². The van der Waals surface area contributed by atoms with Crippen LogP contribution in [0.5, 0.6) is 0 Å². The third-order valence-electron chi connectivity index (χ3n) is 3.46. The highest BCUT2D eigenvalue weighted by molar-refractivity contribution is 5.83. The van der Waals surface area contributed by atoms with Gasteiger partial charge in [0.25, 0.3) is 0 Å². The van der Waals surface area contributed by atoms with Gasteiger partial charge in [0.1, 0.15) is 12.2 Å². The minimum absolute atomic E-state index is 0.0422. The van der Waals surface area contributed by atoms with Crippen LogP contribution in [0.3, 0.4) is 0 Å². The van der Waals surface area contributed by atoms with Crippen molar-refractivity contribution >= 4 is 18.2 Å². The van der Waals surface area contributed by atoms with Crippen LogP contribution in [0.25, 0.3) is 0 Å². The first kappa shape index (κ1) is 22.3. The van der Waals surface area contributed by atoms with Crippen LogP contribution in [0.15, 0.2) is 30.3 Å². The van der Waals surface area contributed by atoms with Gasteiger partial charge >= 0.3 is 18.2 Å². The first-order valence-corrected chi connectivity index (χ1v) is 8.51. The molecule has 0 bridgehead atoms. The number of carbonyl (C=O) groups is 3. The van der Waals surface area contributed by atoms with Gasteiger partial charge in [-0.25, -0.2) is 14.4 Å². The molecule has 1 rings (SSSR count). The van der Waals surface area contributed by atoms with Crippen LogP contribution in [0, 0.1) is 0 Å².